The number of ether oxygens (including phenoxy) is 1. The minimum absolute atomic E-state index is 0.143. The van der Waals surface area contributed by atoms with Gasteiger partial charge >= 0.3 is 0 Å². The van der Waals surface area contributed by atoms with Crippen LogP contribution in [0.1, 0.15) is 76.2 Å². The van der Waals surface area contributed by atoms with Gasteiger partial charge in [0.1, 0.15) is 6.61 Å². The molecule has 2 fully saturated rings. The average molecular weight is 445 g/mol. The van der Waals surface area contributed by atoms with Crippen molar-refractivity contribution in [2.75, 3.05) is 6.61 Å². The lowest BCUT2D eigenvalue weighted by molar-refractivity contribution is 0.0777. The summed E-state index contributed by atoms with van der Waals surface area (Å²) in [4.78, 5) is 0. The highest BCUT2D eigenvalue weighted by atomic mass is 28.3. The molecule has 6 heteroatoms. The fourth-order valence-corrected chi connectivity index (χ4v) is 9.14. The van der Waals surface area contributed by atoms with Crippen LogP contribution >= 0.6 is 0 Å². The molecule has 2 aliphatic rings. The van der Waals surface area contributed by atoms with Crippen LogP contribution in [0.5, 0.6) is 5.75 Å². The van der Waals surface area contributed by atoms with Crippen LogP contribution in [-0.4, -0.2) is 21.8 Å². The van der Waals surface area contributed by atoms with Gasteiger partial charge in [-0.05, 0) is 61.1 Å². The van der Waals surface area contributed by atoms with E-state index in [1.54, 1.807) is 12.1 Å². The first-order valence-electron chi connectivity index (χ1n) is 11.9. The van der Waals surface area contributed by atoms with Gasteiger partial charge in [0.2, 0.25) is 0 Å². The molecule has 1 aliphatic heterocycles. The zero-order valence-electron chi connectivity index (χ0n) is 18.2. The summed E-state index contributed by atoms with van der Waals surface area (Å²) in [5, 5.41) is 0. The summed E-state index contributed by atoms with van der Waals surface area (Å²) in [6.45, 7) is 1.31. The Morgan fingerprint density at radius 3 is 2.03 bits per heavy atom. The summed E-state index contributed by atoms with van der Waals surface area (Å²) in [7, 11) is -0.396. The Morgan fingerprint density at radius 2 is 1.50 bits per heavy atom. The molecule has 0 spiro atoms. The Hall–Kier alpha value is -1.04. The molecule has 1 aromatic carbocycles. The lowest BCUT2D eigenvalue weighted by Gasteiger charge is -2.32. The third kappa shape index (κ3) is 6.73. The minimum atomic E-state index is -2.76. The molecule has 0 aromatic heterocycles. The van der Waals surface area contributed by atoms with Crippen molar-refractivity contribution >= 4 is 8.80 Å². The minimum Gasteiger partial charge on any atom is -0.482 e. The topological polar surface area (TPSA) is 9.23 Å². The Balaban J connectivity index is 1.43. The maximum Gasteiger partial charge on any atom is 0.272 e. The molecule has 0 atom stereocenters. The maximum absolute atomic E-state index is 14.2. The number of hydrogen-bond donors (Lipinski definition) is 0. The van der Waals surface area contributed by atoms with E-state index < -0.39 is 39.2 Å². The quantitative estimate of drug-likeness (QED) is 0.280. The predicted octanol–water partition coefficient (Wildman–Crippen LogP) is 7.71. The van der Waals surface area contributed by atoms with Gasteiger partial charge in [0.05, 0.1) is 0 Å². The SMILES string of the molecule is CCC[SiH]1CCC(CC[C@H]2CC[C@H](c3cc(F)c(OCC(F)F)c(F)c3)CC2)CC1. The highest BCUT2D eigenvalue weighted by molar-refractivity contribution is 6.58. The van der Waals surface area contributed by atoms with Crippen molar-refractivity contribution in [3.05, 3.63) is 29.3 Å². The number of benzene rings is 1. The molecule has 0 amide bonds. The molecule has 1 heterocycles. The smallest absolute Gasteiger partial charge is 0.272 e. The van der Waals surface area contributed by atoms with Crippen molar-refractivity contribution in [1.82, 2.24) is 0 Å². The van der Waals surface area contributed by atoms with Gasteiger partial charge in [0.15, 0.2) is 17.4 Å². The van der Waals surface area contributed by atoms with Crippen LogP contribution in [0, 0.1) is 23.5 Å². The molecule has 3 rings (SSSR count). The molecular formula is C24H36F4OSi. The standard InChI is InChI=1S/C24H36F4OSi/c1-2-11-30-12-9-18(10-13-30)4-3-17-5-7-19(8-6-17)20-14-21(25)24(22(26)15-20)29-16-23(27)28/h14-15,17-19,23,30H,2-13,16H2,1H3/t17-,18?,19-,30?. The van der Waals surface area contributed by atoms with Crippen molar-refractivity contribution < 1.29 is 22.3 Å². The summed E-state index contributed by atoms with van der Waals surface area (Å²) in [6, 6.07) is 7.15. The molecule has 170 valence electrons. The van der Waals surface area contributed by atoms with Crippen LogP contribution < -0.4 is 4.74 Å². The monoisotopic (exact) mass is 444 g/mol. The zero-order chi connectivity index (χ0) is 21.5. The Labute approximate surface area is 180 Å². The van der Waals surface area contributed by atoms with E-state index in [0.717, 1.165) is 37.5 Å². The van der Waals surface area contributed by atoms with E-state index in [1.807, 2.05) is 0 Å². The Morgan fingerprint density at radius 1 is 0.933 bits per heavy atom. The van der Waals surface area contributed by atoms with Crippen LogP contribution in [0.15, 0.2) is 12.1 Å². The normalized spacial score (nSPS) is 27.4. The van der Waals surface area contributed by atoms with Crippen molar-refractivity contribution in [2.24, 2.45) is 11.8 Å². The van der Waals surface area contributed by atoms with Gasteiger partial charge < -0.3 is 4.74 Å². The first-order valence-corrected chi connectivity index (χ1v) is 14.3. The molecule has 1 nitrogen and oxygen atoms in total. The molecule has 0 N–H and O–H groups in total. The van der Waals surface area contributed by atoms with E-state index >= 15 is 0 Å². The summed E-state index contributed by atoms with van der Waals surface area (Å²) in [6.07, 6.45) is 8.25. The van der Waals surface area contributed by atoms with Crippen LogP contribution in [-0.2, 0) is 0 Å². The third-order valence-corrected chi connectivity index (χ3v) is 11.0. The van der Waals surface area contributed by atoms with E-state index in [2.05, 4.69) is 11.7 Å². The van der Waals surface area contributed by atoms with E-state index in [1.165, 1.54) is 50.3 Å². The lowest BCUT2D eigenvalue weighted by atomic mass is 9.76. The van der Waals surface area contributed by atoms with Crippen LogP contribution in [0.3, 0.4) is 0 Å². The maximum atomic E-state index is 14.2. The van der Waals surface area contributed by atoms with Crippen molar-refractivity contribution in [1.29, 1.82) is 0 Å². The van der Waals surface area contributed by atoms with Gasteiger partial charge in [0.25, 0.3) is 6.43 Å². The predicted molar refractivity (Wildman–Crippen MR) is 116 cm³/mol. The molecule has 1 aromatic rings. The summed E-state index contributed by atoms with van der Waals surface area (Å²) >= 11 is 0. The van der Waals surface area contributed by atoms with Gasteiger partial charge in [-0.25, -0.2) is 17.6 Å². The van der Waals surface area contributed by atoms with Gasteiger partial charge in [-0.2, -0.15) is 0 Å². The van der Waals surface area contributed by atoms with Crippen LogP contribution in [0.25, 0.3) is 0 Å². The second kappa shape index (κ2) is 11.5. The van der Waals surface area contributed by atoms with E-state index in [9.17, 15) is 17.6 Å². The van der Waals surface area contributed by atoms with E-state index in [-0.39, 0.29) is 5.92 Å². The summed E-state index contributed by atoms with van der Waals surface area (Å²) in [5.74, 6) is -0.651. The number of rotatable bonds is 9. The second-order valence-electron chi connectivity index (χ2n) is 9.49. The van der Waals surface area contributed by atoms with Crippen molar-refractivity contribution in [3.8, 4) is 5.75 Å². The largest absolute Gasteiger partial charge is 0.482 e. The molecule has 1 saturated heterocycles. The highest BCUT2D eigenvalue weighted by Gasteiger charge is 2.27. The van der Waals surface area contributed by atoms with Crippen molar-refractivity contribution in [3.63, 3.8) is 0 Å². The molecule has 1 saturated carbocycles. The van der Waals surface area contributed by atoms with Gasteiger partial charge in [0, 0.05) is 8.80 Å². The molecular weight excluding hydrogens is 408 g/mol. The molecule has 0 radical (unpaired) electrons. The van der Waals surface area contributed by atoms with Gasteiger partial charge in [-0.1, -0.05) is 57.2 Å². The van der Waals surface area contributed by atoms with Crippen LogP contribution in [0.4, 0.5) is 17.6 Å². The number of hydrogen-bond acceptors (Lipinski definition) is 1. The first-order chi connectivity index (χ1) is 14.5. The first kappa shape index (κ1) is 23.6. The highest BCUT2D eigenvalue weighted by Crippen LogP contribution is 2.40. The number of alkyl halides is 2. The zero-order valence-corrected chi connectivity index (χ0v) is 19.3. The summed E-state index contributed by atoms with van der Waals surface area (Å²) < 4.78 is 57.5. The fourth-order valence-electron chi connectivity index (χ4n) is 5.57. The Bertz CT molecular complexity index is 630. The molecule has 0 unspecified atom stereocenters. The van der Waals surface area contributed by atoms with E-state index in [0.29, 0.717) is 5.56 Å². The van der Waals surface area contributed by atoms with Gasteiger partial charge in [-0.15, -0.1) is 0 Å². The van der Waals surface area contributed by atoms with Crippen molar-refractivity contribution in [2.45, 2.75) is 95.2 Å². The molecule has 1 aliphatic carbocycles. The average Bonchev–Trinajstić information content (AvgIpc) is 2.73. The molecule has 30 heavy (non-hydrogen) atoms. The Kier molecular flexibility index (Phi) is 9.08. The van der Waals surface area contributed by atoms with Gasteiger partial charge in [-0.3, -0.25) is 0 Å². The number of halogens is 4. The van der Waals surface area contributed by atoms with E-state index in [4.69, 9.17) is 0 Å². The summed E-state index contributed by atoms with van der Waals surface area (Å²) in [5.41, 5.74) is 0.632. The molecule has 0 bridgehead atoms. The van der Waals surface area contributed by atoms with Crippen LogP contribution in [0.2, 0.25) is 18.1 Å². The second-order valence-corrected chi connectivity index (χ2v) is 13.0. The fraction of sp³-hybridized carbons (Fsp3) is 0.750. The lowest BCUT2D eigenvalue weighted by Crippen LogP contribution is -2.22. The third-order valence-electron chi connectivity index (χ3n) is 7.34.